The summed E-state index contributed by atoms with van der Waals surface area (Å²) >= 11 is 0. The summed E-state index contributed by atoms with van der Waals surface area (Å²) in [5.41, 5.74) is 0. The fourth-order valence-electron chi connectivity index (χ4n) is 4.81. The highest BCUT2D eigenvalue weighted by Crippen LogP contribution is 2.11. The number of ether oxygens (including phenoxy) is 3. The largest absolute Gasteiger partial charge is 0.477 e. The van der Waals surface area contributed by atoms with Crippen molar-refractivity contribution in [1.29, 1.82) is 0 Å². The summed E-state index contributed by atoms with van der Waals surface area (Å²) in [6.45, 7) is 4.42. The molecular formula is C41H68NO7+. The predicted octanol–water partition coefficient (Wildman–Crippen LogP) is 9.24. The van der Waals surface area contributed by atoms with E-state index in [4.69, 9.17) is 14.2 Å². The van der Waals surface area contributed by atoms with Gasteiger partial charge < -0.3 is 23.8 Å². The van der Waals surface area contributed by atoms with Crippen LogP contribution in [0.15, 0.2) is 72.9 Å². The number of hydrogen-bond donors (Lipinski definition) is 1. The molecule has 0 aliphatic heterocycles. The number of esters is 2. The summed E-state index contributed by atoms with van der Waals surface area (Å²) in [4.78, 5) is 36.6. The molecule has 0 fully saturated rings. The third-order valence-electron chi connectivity index (χ3n) is 7.70. The van der Waals surface area contributed by atoms with E-state index in [-0.39, 0.29) is 49.1 Å². The van der Waals surface area contributed by atoms with Gasteiger partial charge in [-0.25, -0.2) is 4.79 Å². The van der Waals surface area contributed by atoms with Crippen molar-refractivity contribution >= 4 is 17.9 Å². The molecule has 0 aromatic rings. The zero-order valence-electron chi connectivity index (χ0n) is 31.4. The maximum absolute atomic E-state index is 12.6. The highest BCUT2D eigenvalue weighted by Gasteiger charge is 2.31. The lowest BCUT2D eigenvalue weighted by molar-refractivity contribution is -0.887. The number of unbranched alkanes of at least 4 members (excludes halogenated alkanes) is 8. The van der Waals surface area contributed by atoms with Gasteiger partial charge in [0.2, 0.25) is 0 Å². The molecule has 278 valence electrons. The molecule has 8 heteroatoms. The summed E-state index contributed by atoms with van der Waals surface area (Å²) in [5.74, 6) is -1.61. The molecule has 0 aromatic heterocycles. The molecule has 1 N–H and O–H groups in total. The Hall–Kier alpha value is -3.23. The number of nitrogens with zero attached hydrogens (tertiary/aromatic N) is 1. The van der Waals surface area contributed by atoms with Crippen LogP contribution in [0.2, 0.25) is 0 Å². The molecule has 0 radical (unpaired) electrons. The lowest BCUT2D eigenvalue weighted by atomic mass is 10.1. The van der Waals surface area contributed by atoms with E-state index in [1.807, 2.05) is 45.4 Å². The molecule has 0 spiro atoms. The highest BCUT2D eigenvalue weighted by molar-refractivity contribution is 5.72. The van der Waals surface area contributed by atoms with Crippen LogP contribution in [0, 0.1) is 0 Å². The molecule has 2 unspecified atom stereocenters. The number of carbonyl (C=O) groups excluding carboxylic acids is 2. The van der Waals surface area contributed by atoms with Crippen LogP contribution in [0.25, 0.3) is 0 Å². The van der Waals surface area contributed by atoms with Gasteiger partial charge in [-0.2, -0.15) is 0 Å². The Labute approximate surface area is 298 Å². The number of aliphatic carboxylic acids is 1. The van der Waals surface area contributed by atoms with E-state index >= 15 is 0 Å². The molecule has 0 aliphatic rings. The Bertz CT molecular complexity index is 1030. The van der Waals surface area contributed by atoms with E-state index in [0.29, 0.717) is 12.8 Å². The SMILES string of the molecule is CC/C=C/C/C=C/CCC(=O)OCC(COCCC(C(=O)O)[N+](C)(C)C)OC(=O)CCCCCCC/C=C/C=C/C=C/C=C/CCCCC. The summed E-state index contributed by atoms with van der Waals surface area (Å²) in [6, 6.07) is -0.628. The van der Waals surface area contributed by atoms with Gasteiger partial charge >= 0.3 is 17.9 Å². The molecular weight excluding hydrogens is 618 g/mol. The standard InChI is InChI=1S/C41H67NO7/c1-6-8-10-12-14-15-16-17-18-19-20-21-22-23-24-26-28-30-32-40(44)49-37(35-47-34-33-38(41(45)46)42(3,4)5)36-48-39(43)31-29-27-25-13-11-9-7-2/h9,11,14-21,25,27,37-38H,6-8,10,12-13,22-24,26,28-36H2,1-5H3/p+1/b11-9+,15-14+,17-16+,19-18+,21-20+,27-25+. The first-order valence-electron chi connectivity index (χ1n) is 18.5. The molecule has 8 nitrogen and oxygen atoms in total. The van der Waals surface area contributed by atoms with Gasteiger partial charge in [0.1, 0.15) is 6.61 Å². The first-order chi connectivity index (χ1) is 23.6. The summed E-state index contributed by atoms with van der Waals surface area (Å²) < 4.78 is 17.0. The van der Waals surface area contributed by atoms with Gasteiger partial charge in [0.05, 0.1) is 34.4 Å². The number of likely N-dealkylation sites (N-methyl/N-ethyl adjacent to an activating group) is 1. The second kappa shape index (κ2) is 32.0. The van der Waals surface area contributed by atoms with Crippen LogP contribution in [-0.4, -0.2) is 80.6 Å². The Kier molecular flexibility index (Phi) is 29.9. The number of rotatable bonds is 31. The smallest absolute Gasteiger partial charge is 0.362 e. The van der Waals surface area contributed by atoms with Gasteiger partial charge in [-0.1, -0.05) is 119 Å². The zero-order valence-corrected chi connectivity index (χ0v) is 31.4. The Balaban J connectivity index is 4.48. The van der Waals surface area contributed by atoms with Gasteiger partial charge in [0.25, 0.3) is 0 Å². The molecule has 0 aromatic carbocycles. The van der Waals surface area contributed by atoms with Gasteiger partial charge in [-0.15, -0.1) is 0 Å². The molecule has 0 heterocycles. The third kappa shape index (κ3) is 30.6. The molecule has 0 aliphatic carbocycles. The van der Waals surface area contributed by atoms with Crippen molar-refractivity contribution in [3.05, 3.63) is 72.9 Å². The fourth-order valence-corrected chi connectivity index (χ4v) is 4.81. The number of carboxylic acids is 1. The van der Waals surface area contributed by atoms with E-state index in [2.05, 4.69) is 62.5 Å². The minimum absolute atomic E-state index is 0.0291. The molecule has 2 atom stereocenters. The van der Waals surface area contributed by atoms with Gasteiger partial charge in [-0.05, 0) is 51.4 Å². The minimum atomic E-state index is -0.892. The maximum atomic E-state index is 12.6. The molecule has 0 saturated carbocycles. The van der Waals surface area contributed by atoms with Crippen LogP contribution in [0.3, 0.4) is 0 Å². The van der Waals surface area contributed by atoms with Crippen LogP contribution in [-0.2, 0) is 28.6 Å². The average molecular weight is 687 g/mol. The van der Waals surface area contributed by atoms with Crippen molar-refractivity contribution < 1.29 is 38.2 Å². The molecule has 49 heavy (non-hydrogen) atoms. The van der Waals surface area contributed by atoms with Crippen LogP contribution in [0.4, 0.5) is 0 Å². The van der Waals surface area contributed by atoms with E-state index in [1.165, 1.54) is 19.3 Å². The molecule has 0 saturated heterocycles. The zero-order chi connectivity index (χ0) is 36.4. The number of hydrogen-bond acceptors (Lipinski definition) is 6. The van der Waals surface area contributed by atoms with Crippen LogP contribution in [0.1, 0.15) is 117 Å². The predicted molar refractivity (Wildman–Crippen MR) is 201 cm³/mol. The first kappa shape index (κ1) is 45.8. The highest BCUT2D eigenvalue weighted by atomic mass is 16.6. The lowest BCUT2D eigenvalue weighted by Gasteiger charge is -2.31. The summed E-state index contributed by atoms with van der Waals surface area (Å²) in [6.07, 6.45) is 38.4. The lowest BCUT2D eigenvalue weighted by Crippen LogP contribution is -2.50. The van der Waals surface area contributed by atoms with Crippen molar-refractivity contribution in [3.8, 4) is 0 Å². The normalized spacial score (nSPS) is 13.9. The summed E-state index contributed by atoms with van der Waals surface area (Å²) in [5, 5.41) is 9.56. The quantitative estimate of drug-likeness (QED) is 0.0255. The van der Waals surface area contributed by atoms with E-state index in [1.54, 1.807) is 0 Å². The Morgan fingerprint density at radius 3 is 1.90 bits per heavy atom. The van der Waals surface area contributed by atoms with Gasteiger partial charge in [0, 0.05) is 19.3 Å². The van der Waals surface area contributed by atoms with Crippen LogP contribution in [0.5, 0.6) is 0 Å². The monoisotopic (exact) mass is 686 g/mol. The van der Waals surface area contributed by atoms with E-state index in [9.17, 15) is 19.5 Å². The number of carbonyl (C=O) groups is 3. The van der Waals surface area contributed by atoms with Crippen molar-refractivity contribution in [3.63, 3.8) is 0 Å². The molecule has 0 bridgehead atoms. The van der Waals surface area contributed by atoms with E-state index < -0.39 is 18.1 Å². The second-order valence-corrected chi connectivity index (χ2v) is 13.2. The minimum Gasteiger partial charge on any atom is -0.477 e. The number of quaternary nitrogens is 1. The first-order valence-corrected chi connectivity index (χ1v) is 18.5. The average Bonchev–Trinajstić information content (AvgIpc) is 3.05. The van der Waals surface area contributed by atoms with E-state index in [0.717, 1.165) is 57.8 Å². The fraction of sp³-hybridized carbons (Fsp3) is 0.634. The van der Waals surface area contributed by atoms with Crippen molar-refractivity contribution in [2.24, 2.45) is 0 Å². The number of allylic oxidation sites excluding steroid dienone is 12. The van der Waals surface area contributed by atoms with Crippen molar-refractivity contribution in [2.45, 2.75) is 129 Å². The van der Waals surface area contributed by atoms with Crippen LogP contribution < -0.4 is 0 Å². The topological polar surface area (TPSA) is 99.1 Å². The van der Waals surface area contributed by atoms with Crippen LogP contribution >= 0.6 is 0 Å². The van der Waals surface area contributed by atoms with Crippen molar-refractivity contribution in [1.82, 2.24) is 0 Å². The van der Waals surface area contributed by atoms with Gasteiger partial charge in [0.15, 0.2) is 12.1 Å². The summed E-state index contributed by atoms with van der Waals surface area (Å²) in [7, 11) is 5.47. The third-order valence-corrected chi connectivity index (χ3v) is 7.70. The Morgan fingerprint density at radius 2 is 1.27 bits per heavy atom. The Morgan fingerprint density at radius 1 is 0.653 bits per heavy atom. The van der Waals surface area contributed by atoms with Gasteiger partial charge in [-0.3, -0.25) is 9.59 Å². The molecule has 0 rings (SSSR count). The number of carboxylic acid groups (broad SMARTS) is 1. The van der Waals surface area contributed by atoms with Crippen molar-refractivity contribution in [2.75, 3.05) is 41.0 Å². The molecule has 0 amide bonds. The second-order valence-electron chi connectivity index (χ2n) is 13.2. The maximum Gasteiger partial charge on any atom is 0.362 e.